The van der Waals surface area contributed by atoms with Crippen molar-refractivity contribution in [3.8, 4) is 0 Å². The molecule has 0 radical (unpaired) electrons. The Bertz CT molecular complexity index is 353. The quantitative estimate of drug-likeness (QED) is 0.744. The van der Waals surface area contributed by atoms with Crippen molar-refractivity contribution in [1.82, 2.24) is 10.3 Å². The van der Waals surface area contributed by atoms with E-state index in [2.05, 4.69) is 41.2 Å². The molecule has 0 amide bonds. The third-order valence-corrected chi connectivity index (χ3v) is 3.40. The fraction of sp³-hybridized carbons (Fsp3) is 0.667. The summed E-state index contributed by atoms with van der Waals surface area (Å²) >= 11 is 0. The maximum atomic E-state index is 5.23. The highest BCUT2D eigenvalue weighted by atomic mass is 16.5. The first-order valence-corrected chi connectivity index (χ1v) is 7.11. The molecule has 0 bridgehead atoms. The van der Waals surface area contributed by atoms with Crippen LogP contribution in [0.25, 0.3) is 0 Å². The molecule has 0 spiro atoms. The molecule has 19 heavy (non-hydrogen) atoms. The highest BCUT2D eigenvalue weighted by Crippen LogP contribution is 2.19. The molecular weight excluding hydrogens is 238 g/mol. The van der Waals surface area contributed by atoms with Gasteiger partial charge in [-0.05, 0) is 37.6 Å². The van der Waals surface area contributed by atoms with Crippen LogP contribution in [0.2, 0.25) is 0 Å². The zero-order chi connectivity index (χ0) is 14.1. The van der Waals surface area contributed by atoms with E-state index in [1.54, 1.807) is 7.11 Å². The van der Waals surface area contributed by atoms with Crippen LogP contribution in [0.4, 0.5) is 5.82 Å². The topological polar surface area (TPSA) is 37.4 Å². The molecule has 0 aliphatic carbocycles. The average Bonchev–Trinajstić information content (AvgIpc) is 2.44. The maximum absolute atomic E-state index is 5.23. The van der Waals surface area contributed by atoms with E-state index in [0.717, 1.165) is 38.4 Å². The van der Waals surface area contributed by atoms with E-state index in [0.29, 0.717) is 6.04 Å². The monoisotopic (exact) mass is 265 g/mol. The van der Waals surface area contributed by atoms with E-state index >= 15 is 0 Å². The summed E-state index contributed by atoms with van der Waals surface area (Å²) in [7, 11) is 3.71. The summed E-state index contributed by atoms with van der Waals surface area (Å²) in [5.41, 5.74) is 1.26. The molecule has 0 saturated carbocycles. The third kappa shape index (κ3) is 4.80. The Morgan fingerprint density at radius 3 is 2.68 bits per heavy atom. The van der Waals surface area contributed by atoms with E-state index in [1.165, 1.54) is 5.56 Å². The Morgan fingerprint density at radius 1 is 1.37 bits per heavy atom. The predicted molar refractivity (Wildman–Crippen MR) is 80.6 cm³/mol. The second-order valence-corrected chi connectivity index (χ2v) is 4.71. The molecule has 0 aliphatic heterocycles. The number of hydrogen-bond donors (Lipinski definition) is 1. The van der Waals surface area contributed by atoms with Gasteiger partial charge in [0, 0.05) is 32.4 Å². The van der Waals surface area contributed by atoms with Gasteiger partial charge in [0.05, 0.1) is 6.61 Å². The van der Waals surface area contributed by atoms with Crippen molar-refractivity contribution in [2.75, 3.05) is 32.2 Å². The first-order valence-electron chi connectivity index (χ1n) is 7.11. The molecule has 0 atom stereocenters. The van der Waals surface area contributed by atoms with Gasteiger partial charge < -0.3 is 15.0 Å². The number of nitrogens with one attached hydrogen (secondary N) is 1. The van der Waals surface area contributed by atoms with Crippen LogP contribution in [-0.2, 0) is 11.3 Å². The summed E-state index contributed by atoms with van der Waals surface area (Å²) in [4.78, 5) is 6.90. The van der Waals surface area contributed by atoms with Crippen molar-refractivity contribution in [3.63, 3.8) is 0 Å². The van der Waals surface area contributed by atoms with E-state index < -0.39 is 0 Å². The van der Waals surface area contributed by atoms with Crippen molar-refractivity contribution in [2.24, 2.45) is 0 Å². The number of nitrogens with zero attached hydrogens (tertiary/aromatic N) is 2. The molecule has 1 heterocycles. The van der Waals surface area contributed by atoms with Crippen LogP contribution in [0, 0.1) is 0 Å². The van der Waals surface area contributed by atoms with Gasteiger partial charge >= 0.3 is 0 Å². The lowest BCUT2D eigenvalue weighted by molar-refractivity contribution is 0.202. The zero-order valence-corrected chi connectivity index (χ0v) is 12.6. The summed E-state index contributed by atoms with van der Waals surface area (Å²) < 4.78 is 5.23. The second kappa shape index (κ2) is 8.88. The highest BCUT2D eigenvalue weighted by Gasteiger charge is 2.16. The molecule has 0 fully saturated rings. The van der Waals surface area contributed by atoms with Gasteiger partial charge in [0.15, 0.2) is 0 Å². The van der Waals surface area contributed by atoms with Crippen molar-refractivity contribution >= 4 is 5.82 Å². The van der Waals surface area contributed by atoms with Crippen LogP contribution in [0.3, 0.4) is 0 Å². The van der Waals surface area contributed by atoms with Crippen LogP contribution in [-0.4, -0.2) is 38.3 Å². The van der Waals surface area contributed by atoms with Crippen molar-refractivity contribution in [3.05, 3.63) is 23.9 Å². The first-order chi connectivity index (χ1) is 9.26. The SMILES string of the molecule is CCC(CC)N(CCOC)c1cc(CNC)ccn1. The standard InChI is InChI=1S/C15H27N3O/c1-5-14(6-2)18(9-10-19-4)15-11-13(12-16-3)7-8-17-15/h7-8,11,14,16H,5-6,9-10,12H2,1-4H3. The fourth-order valence-corrected chi connectivity index (χ4v) is 2.33. The lowest BCUT2D eigenvalue weighted by Gasteiger charge is -2.31. The lowest BCUT2D eigenvalue weighted by Crippen LogP contribution is -2.37. The molecule has 108 valence electrons. The maximum Gasteiger partial charge on any atom is 0.129 e. The number of methoxy groups -OCH3 is 1. The Morgan fingerprint density at radius 2 is 2.11 bits per heavy atom. The van der Waals surface area contributed by atoms with Crippen molar-refractivity contribution < 1.29 is 4.74 Å². The second-order valence-electron chi connectivity index (χ2n) is 4.71. The molecule has 4 nitrogen and oxygen atoms in total. The Labute approximate surface area is 117 Å². The molecule has 0 aliphatic rings. The van der Waals surface area contributed by atoms with Gasteiger partial charge in [-0.2, -0.15) is 0 Å². The van der Waals surface area contributed by atoms with Crippen LogP contribution >= 0.6 is 0 Å². The van der Waals surface area contributed by atoms with Gasteiger partial charge in [0.1, 0.15) is 5.82 Å². The largest absolute Gasteiger partial charge is 0.383 e. The van der Waals surface area contributed by atoms with Gasteiger partial charge in [-0.15, -0.1) is 0 Å². The van der Waals surface area contributed by atoms with E-state index in [4.69, 9.17) is 4.74 Å². The predicted octanol–water partition coefficient (Wildman–Crippen LogP) is 2.44. The van der Waals surface area contributed by atoms with Gasteiger partial charge in [-0.25, -0.2) is 4.98 Å². The van der Waals surface area contributed by atoms with Crippen molar-refractivity contribution in [2.45, 2.75) is 39.3 Å². The Kier molecular flexibility index (Phi) is 7.45. The smallest absolute Gasteiger partial charge is 0.129 e. The molecule has 0 unspecified atom stereocenters. The minimum absolute atomic E-state index is 0.521. The molecule has 0 saturated heterocycles. The Balaban J connectivity index is 2.91. The Hall–Kier alpha value is -1.13. The normalized spacial score (nSPS) is 11.0. The number of aromatic nitrogens is 1. The lowest BCUT2D eigenvalue weighted by atomic mass is 10.1. The van der Waals surface area contributed by atoms with Gasteiger partial charge in [0.25, 0.3) is 0 Å². The molecule has 1 rings (SSSR count). The van der Waals surface area contributed by atoms with Gasteiger partial charge in [-0.3, -0.25) is 0 Å². The van der Waals surface area contributed by atoms with E-state index in [1.807, 2.05) is 13.2 Å². The van der Waals surface area contributed by atoms with E-state index in [-0.39, 0.29) is 0 Å². The summed E-state index contributed by atoms with van der Waals surface area (Å²) in [5.74, 6) is 1.05. The molecule has 1 aromatic rings. The van der Waals surface area contributed by atoms with Crippen LogP contribution < -0.4 is 10.2 Å². The summed E-state index contributed by atoms with van der Waals surface area (Å²) in [5, 5.41) is 3.18. The zero-order valence-electron chi connectivity index (χ0n) is 12.6. The number of rotatable bonds is 9. The van der Waals surface area contributed by atoms with Gasteiger partial charge in [-0.1, -0.05) is 13.8 Å². The van der Waals surface area contributed by atoms with E-state index in [9.17, 15) is 0 Å². The number of pyridine rings is 1. The fourth-order valence-electron chi connectivity index (χ4n) is 2.33. The average molecular weight is 265 g/mol. The molecule has 1 aromatic heterocycles. The molecule has 4 heteroatoms. The third-order valence-electron chi connectivity index (χ3n) is 3.40. The number of hydrogen-bond acceptors (Lipinski definition) is 4. The summed E-state index contributed by atoms with van der Waals surface area (Å²) in [6, 6.07) is 4.75. The van der Waals surface area contributed by atoms with Gasteiger partial charge in [0.2, 0.25) is 0 Å². The minimum Gasteiger partial charge on any atom is -0.383 e. The minimum atomic E-state index is 0.521. The summed E-state index contributed by atoms with van der Waals surface area (Å²) in [6.07, 6.45) is 4.14. The highest BCUT2D eigenvalue weighted by molar-refractivity contribution is 5.42. The van der Waals surface area contributed by atoms with Crippen LogP contribution in [0.1, 0.15) is 32.3 Å². The number of ether oxygens (including phenoxy) is 1. The van der Waals surface area contributed by atoms with Crippen LogP contribution in [0.15, 0.2) is 18.3 Å². The summed E-state index contributed by atoms with van der Waals surface area (Å²) in [6.45, 7) is 6.95. The number of anilines is 1. The molecular formula is C15H27N3O. The first kappa shape index (κ1) is 15.9. The van der Waals surface area contributed by atoms with Crippen LogP contribution in [0.5, 0.6) is 0 Å². The molecule has 0 aromatic carbocycles. The molecule has 1 N–H and O–H groups in total. The van der Waals surface area contributed by atoms with Crippen molar-refractivity contribution in [1.29, 1.82) is 0 Å².